The lowest BCUT2D eigenvalue weighted by molar-refractivity contribution is 0.0795. The van der Waals surface area contributed by atoms with Gasteiger partial charge in [0.2, 0.25) is 0 Å². The number of halogens is 1. The molecule has 1 unspecified atom stereocenters. The molecule has 0 aliphatic carbocycles. The maximum atomic E-state index is 9.00. The molecule has 6 heteroatoms. The highest BCUT2D eigenvalue weighted by Gasteiger charge is 2.03. The van der Waals surface area contributed by atoms with Crippen LogP contribution >= 0.6 is 24.2 Å². The Kier molecular flexibility index (Phi) is 10.1. The first-order chi connectivity index (χ1) is 4.66. The minimum atomic E-state index is -0.529. The van der Waals surface area contributed by atoms with Crippen molar-refractivity contribution in [2.75, 3.05) is 19.5 Å². The Hall–Kier alpha value is 0.0300. The van der Waals surface area contributed by atoms with Crippen LogP contribution in [-0.2, 0) is 4.74 Å². The molecule has 0 aromatic heterocycles. The molecule has 0 amide bonds. The van der Waals surface area contributed by atoms with Gasteiger partial charge in [-0.1, -0.05) is 11.8 Å². The minimum absolute atomic E-state index is 0. The summed E-state index contributed by atoms with van der Waals surface area (Å²) >= 11 is 1.11. The Morgan fingerprint density at radius 3 is 2.73 bits per heavy atom. The summed E-state index contributed by atoms with van der Waals surface area (Å²) < 4.78 is 4.66. The summed E-state index contributed by atoms with van der Waals surface area (Å²) in [6.45, 7) is 0.292. The number of hydrogen-bond acceptors (Lipinski definition) is 4. The first-order valence-corrected chi connectivity index (χ1v) is 3.79. The number of hydrogen-bond donors (Lipinski definition) is 3. The first-order valence-electron chi connectivity index (χ1n) is 2.80. The van der Waals surface area contributed by atoms with Crippen LogP contribution in [0.15, 0.2) is 0 Å². The van der Waals surface area contributed by atoms with Gasteiger partial charge in [0, 0.05) is 12.9 Å². The standard InChI is InChI=1S/C5H12N2O2S.ClH/c1-9-2-4(8)3-10-5(6)7;/h4,8H,2-3H2,1H3,(H3,6,7);1H. The average Bonchev–Trinajstić information content (AvgIpc) is 1.85. The van der Waals surface area contributed by atoms with E-state index >= 15 is 0 Å². The van der Waals surface area contributed by atoms with Gasteiger partial charge in [-0.15, -0.1) is 12.4 Å². The molecule has 11 heavy (non-hydrogen) atoms. The highest BCUT2D eigenvalue weighted by molar-refractivity contribution is 8.13. The van der Waals surface area contributed by atoms with E-state index in [1.165, 1.54) is 7.11 Å². The molecule has 0 saturated heterocycles. The van der Waals surface area contributed by atoms with Crippen molar-refractivity contribution >= 4 is 29.3 Å². The van der Waals surface area contributed by atoms with Crippen LogP contribution in [0.25, 0.3) is 0 Å². The molecule has 68 valence electrons. The van der Waals surface area contributed by atoms with Gasteiger partial charge in [-0.05, 0) is 0 Å². The SMILES string of the molecule is COCC(O)CSC(=N)N.Cl. The van der Waals surface area contributed by atoms with E-state index < -0.39 is 6.10 Å². The minimum Gasteiger partial charge on any atom is -0.390 e. The summed E-state index contributed by atoms with van der Waals surface area (Å²) in [6, 6.07) is 0. The van der Waals surface area contributed by atoms with E-state index in [0.717, 1.165) is 11.8 Å². The Labute approximate surface area is 76.4 Å². The van der Waals surface area contributed by atoms with Gasteiger partial charge in [-0.2, -0.15) is 0 Å². The van der Waals surface area contributed by atoms with Crippen molar-refractivity contribution in [3.63, 3.8) is 0 Å². The van der Waals surface area contributed by atoms with Crippen molar-refractivity contribution in [1.82, 2.24) is 0 Å². The second-order valence-corrected chi connectivity index (χ2v) is 2.85. The predicted molar refractivity (Wildman–Crippen MR) is 49.5 cm³/mol. The average molecular weight is 201 g/mol. The van der Waals surface area contributed by atoms with E-state index in [9.17, 15) is 0 Å². The van der Waals surface area contributed by atoms with Crippen LogP contribution in [0, 0.1) is 5.41 Å². The van der Waals surface area contributed by atoms with E-state index in [-0.39, 0.29) is 17.6 Å². The van der Waals surface area contributed by atoms with Gasteiger partial charge < -0.3 is 15.6 Å². The van der Waals surface area contributed by atoms with Crippen LogP contribution in [0.5, 0.6) is 0 Å². The monoisotopic (exact) mass is 200 g/mol. The van der Waals surface area contributed by atoms with E-state index in [1.54, 1.807) is 0 Å². The van der Waals surface area contributed by atoms with Gasteiger partial charge in [0.1, 0.15) is 0 Å². The smallest absolute Gasteiger partial charge is 0.151 e. The van der Waals surface area contributed by atoms with Crippen molar-refractivity contribution in [1.29, 1.82) is 5.41 Å². The summed E-state index contributed by atoms with van der Waals surface area (Å²) in [5.74, 6) is 0.420. The maximum absolute atomic E-state index is 9.00. The number of aliphatic hydroxyl groups excluding tert-OH is 1. The third-order valence-electron chi connectivity index (χ3n) is 0.790. The molecule has 0 bridgehead atoms. The number of thioether (sulfide) groups is 1. The second-order valence-electron chi connectivity index (χ2n) is 1.78. The molecule has 1 atom stereocenters. The van der Waals surface area contributed by atoms with Gasteiger partial charge in [0.25, 0.3) is 0 Å². The summed E-state index contributed by atoms with van der Waals surface area (Å²) in [7, 11) is 1.52. The zero-order valence-corrected chi connectivity index (χ0v) is 7.87. The molecule has 0 radical (unpaired) electrons. The van der Waals surface area contributed by atoms with Crippen molar-refractivity contribution in [3.05, 3.63) is 0 Å². The predicted octanol–water partition coefficient (Wildman–Crippen LogP) is 0.0422. The molecule has 0 aliphatic rings. The van der Waals surface area contributed by atoms with Gasteiger partial charge in [0.05, 0.1) is 12.7 Å². The normalized spacial score (nSPS) is 11.8. The molecule has 4 N–H and O–H groups in total. The molecule has 0 aliphatic heterocycles. The van der Waals surface area contributed by atoms with Gasteiger partial charge in [-0.25, -0.2) is 0 Å². The number of nitrogens with one attached hydrogen (secondary N) is 1. The number of methoxy groups -OCH3 is 1. The molecule has 0 spiro atoms. The lowest BCUT2D eigenvalue weighted by atomic mass is 10.4. The van der Waals surface area contributed by atoms with E-state index in [1.807, 2.05) is 0 Å². The summed E-state index contributed by atoms with van der Waals surface area (Å²) in [4.78, 5) is 0. The van der Waals surface area contributed by atoms with E-state index in [4.69, 9.17) is 16.2 Å². The fourth-order valence-electron chi connectivity index (χ4n) is 0.426. The molecule has 0 fully saturated rings. The highest BCUT2D eigenvalue weighted by Crippen LogP contribution is 2.00. The molecular formula is C5H13ClN2O2S. The Bertz CT molecular complexity index is 115. The molecule has 0 aromatic carbocycles. The lowest BCUT2D eigenvalue weighted by Crippen LogP contribution is -2.19. The molecule has 0 rings (SSSR count). The van der Waals surface area contributed by atoms with Gasteiger partial charge in [-0.3, -0.25) is 5.41 Å². The number of amidine groups is 1. The van der Waals surface area contributed by atoms with Crippen LogP contribution in [0.2, 0.25) is 0 Å². The molecule has 0 aromatic rings. The number of rotatable bonds is 4. The third-order valence-corrected chi connectivity index (χ3v) is 1.65. The Balaban J connectivity index is 0. The van der Waals surface area contributed by atoms with Crippen LogP contribution in [-0.4, -0.2) is 35.8 Å². The maximum Gasteiger partial charge on any atom is 0.151 e. The summed E-state index contributed by atoms with van der Waals surface area (Å²) in [5, 5.41) is 15.8. The summed E-state index contributed by atoms with van der Waals surface area (Å²) in [6.07, 6.45) is -0.529. The summed E-state index contributed by atoms with van der Waals surface area (Å²) in [5.41, 5.74) is 5.03. The van der Waals surface area contributed by atoms with E-state index in [2.05, 4.69) is 4.74 Å². The molecular weight excluding hydrogens is 188 g/mol. The van der Waals surface area contributed by atoms with Crippen molar-refractivity contribution < 1.29 is 9.84 Å². The molecule has 4 nitrogen and oxygen atoms in total. The first kappa shape index (κ1) is 13.6. The fourth-order valence-corrected chi connectivity index (χ4v) is 0.895. The second kappa shape index (κ2) is 8.13. The zero-order valence-electron chi connectivity index (χ0n) is 6.24. The number of ether oxygens (including phenoxy) is 1. The van der Waals surface area contributed by atoms with Gasteiger partial charge in [0.15, 0.2) is 5.17 Å². The molecule has 0 heterocycles. The number of aliphatic hydroxyl groups is 1. The van der Waals surface area contributed by atoms with Crippen LogP contribution in [0.3, 0.4) is 0 Å². The topological polar surface area (TPSA) is 79.3 Å². The quantitative estimate of drug-likeness (QED) is 0.443. The fraction of sp³-hybridized carbons (Fsp3) is 0.800. The molecule has 0 saturated carbocycles. The number of nitrogens with two attached hydrogens (primary N) is 1. The van der Waals surface area contributed by atoms with Crippen LogP contribution in [0.4, 0.5) is 0 Å². The Morgan fingerprint density at radius 2 is 2.36 bits per heavy atom. The van der Waals surface area contributed by atoms with Crippen LogP contribution < -0.4 is 5.73 Å². The van der Waals surface area contributed by atoms with E-state index in [0.29, 0.717) is 12.4 Å². The lowest BCUT2D eigenvalue weighted by Gasteiger charge is -2.06. The van der Waals surface area contributed by atoms with Crippen LogP contribution in [0.1, 0.15) is 0 Å². The highest BCUT2D eigenvalue weighted by atomic mass is 35.5. The van der Waals surface area contributed by atoms with Crippen molar-refractivity contribution in [3.8, 4) is 0 Å². The van der Waals surface area contributed by atoms with Crippen molar-refractivity contribution in [2.45, 2.75) is 6.10 Å². The third kappa shape index (κ3) is 10.0. The Morgan fingerprint density at radius 1 is 1.82 bits per heavy atom. The van der Waals surface area contributed by atoms with Gasteiger partial charge >= 0.3 is 0 Å². The largest absolute Gasteiger partial charge is 0.390 e. The zero-order chi connectivity index (χ0) is 7.98. The van der Waals surface area contributed by atoms with Crippen molar-refractivity contribution in [2.24, 2.45) is 5.73 Å².